The van der Waals surface area contributed by atoms with E-state index in [0.717, 1.165) is 31.7 Å². The number of nitrogens with one attached hydrogen (secondary N) is 2. The van der Waals surface area contributed by atoms with Gasteiger partial charge in [-0.3, -0.25) is 9.78 Å². The van der Waals surface area contributed by atoms with Gasteiger partial charge >= 0.3 is 12.1 Å². The van der Waals surface area contributed by atoms with E-state index < -0.39 is 45.1 Å². The molecule has 1 aromatic carbocycles. The number of thiocarbonyl (C=S) groups is 1. The van der Waals surface area contributed by atoms with Crippen molar-refractivity contribution >= 4 is 44.6 Å². The van der Waals surface area contributed by atoms with Crippen molar-refractivity contribution in [2.45, 2.75) is 71.0 Å². The van der Waals surface area contributed by atoms with E-state index >= 15 is 0 Å². The Bertz CT molecular complexity index is 1420. The summed E-state index contributed by atoms with van der Waals surface area (Å²) < 4.78 is 68.7. The van der Waals surface area contributed by atoms with E-state index in [1.54, 1.807) is 24.3 Å². The third-order valence-corrected chi connectivity index (χ3v) is 9.10. The number of hydrogen-bond donors (Lipinski definition) is 2. The summed E-state index contributed by atoms with van der Waals surface area (Å²) in [6, 6.07) is 6.46. The molecule has 42 heavy (non-hydrogen) atoms. The Morgan fingerprint density at radius 2 is 1.79 bits per heavy atom. The van der Waals surface area contributed by atoms with Crippen LogP contribution >= 0.6 is 12.2 Å². The summed E-state index contributed by atoms with van der Waals surface area (Å²) >= 11 is 5.72. The molecule has 2 aromatic rings. The van der Waals surface area contributed by atoms with Gasteiger partial charge in [-0.2, -0.15) is 13.2 Å². The summed E-state index contributed by atoms with van der Waals surface area (Å²) in [5, 5.41) is 5.67. The maximum Gasteiger partial charge on any atom is 0.417 e. The maximum absolute atomic E-state index is 13.6. The number of alkyl halides is 3. The molecule has 1 aromatic heterocycles. The molecule has 2 N–H and O–H groups in total. The fraction of sp³-hybridized carbons (Fsp3) is 0.517. The van der Waals surface area contributed by atoms with Crippen LogP contribution in [0.4, 0.5) is 18.9 Å². The molecule has 0 unspecified atom stereocenters. The van der Waals surface area contributed by atoms with Crippen molar-refractivity contribution in [1.29, 1.82) is 0 Å². The number of halogens is 3. The lowest BCUT2D eigenvalue weighted by Gasteiger charge is -2.43. The summed E-state index contributed by atoms with van der Waals surface area (Å²) in [4.78, 5) is 30.0. The molecule has 1 aliphatic carbocycles. The molecular formula is C29H36F3N3O5S2. The molecule has 1 amide bonds. The second-order valence-electron chi connectivity index (χ2n) is 10.9. The van der Waals surface area contributed by atoms with Crippen molar-refractivity contribution in [1.82, 2.24) is 10.3 Å². The highest BCUT2D eigenvalue weighted by Gasteiger charge is 2.42. The van der Waals surface area contributed by atoms with E-state index in [1.165, 1.54) is 27.2 Å². The number of benzene rings is 1. The predicted molar refractivity (Wildman–Crippen MR) is 158 cm³/mol. The number of amides is 1. The van der Waals surface area contributed by atoms with Gasteiger partial charge < -0.3 is 15.4 Å². The van der Waals surface area contributed by atoms with Crippen LogP contribution in [0.3, 0.4) is 0 Å². The molecule has 13 heteroatoms. The van der Waals surface area contributed by atoms with E-state index in [4.69, 9.17) is 17.0 Å². The normalized spacial score (nSPS) is 15.3. The molecule has 3 rings (SSSR count). The Hall–Kier alpha value is -3.06. The highest BCUT2D eigenvalue weighted by atomic mass is 32.2. The van der Waals surface area contributed by atoms with Crippen molar-refractivity contribution in [2.75, 3.05) is 24.4 Å². The van der Waals surface area contributed by atoms with Gasteiger partial charge in [0.1, 0.15) is 15.9 Å². The average molecular weight is 628 g/mol. The van der Waals surface area contributed by atoms with Crippen molar-refractivity contribution in [3.8, 4) is 0 Å². The number of esters is 1. The molecule has 0 spiro atoms. The standard InChI is InChI=1S/C29H36F3N3O5S2/c1-18-16-22(29(30,31)32)24(19(2)33-18)25(36)34-21-10-8-20(9-11-21)17-23(26(37)40-3)35-27(41)28(13-7-14-28)12-5-6-15-42(4,38)39/h8-11,16,23H,5-7,12-15,17H2,1-4H3,(H,34,36)(H,35,41)/t23-/m0/s1. The van der Waals surface area contributed by atoms with E-state index in [0.29, 0.717) is 23.4 Å². The number of aryl methyl sites for hydroxylation is 2. The summed E-state index contributed by atoms with van der Waals surface area (Å²) in [5.74, 6) is -1.32. The van der Waals surface area contributed by atoms with Gasteiger partial charge in [-0.15, -0.1) is 0 Å². The van der Waals surface area contributed by atoms with Crippen molar-refractivity contribution in [3.63, 3.8) is 0 Å². The van der Waals surface area contributed by atoms with Gasteiger partial charge in [-0.25, -0.2) is 13.2 Å². The molecule has 1 aliphatic rings. The van der Waals surface area contributed by atoms with Crippen LogP contribution in [-0.4, -0.2) is 55.4 Å². The molecule has 0 bridgehead atoms. The molecule has 1 saturated carbocycles. The number of nitrogens with zero attached hydrogens (tertiary/aromatic N) is 1. The number of carbonyl (C=O) groups excluding carboxylic acids is 2. The summed E-state index contributed by atoms with van der Waals surface area (Å²) in [5.41, 5.74) is -0.767. The van der Waals surface area contributed by atoms with Gasteiger partial charge in [0, 0.05) is 35.2 Å². The van der Waals surface area contributed by atoms with Gasteiger partial charge in [-0.1, -0.05) is 37.2 Å². The first-order valence-electron chi connectivity index (χ1n) is 13.6. The SMILES string of the molecule is COC(=O)[C@H](Cc1ccc(NC(=O)c2c(C(F)(F)F)cc(C)nc2C)cc1)NC(=S)C1(CCCCS(C)(=O)=O)CCC1. The number of ether oxygens (including phenoxy) is 1. The van der Waals surface area contributed by atoms with Crippen LogP contribution in [0.15, 0.2) is 30.3 Å². The zero-order chi connectivity index (χ0) is 31.3. The van der Waals surface area contributed by atoms with E-state index in [9.17, 15) is 31.2 Å². The molecule has 8 nitrogen and oxygen atoms in total. The van der Waals surface area contributed by atoms with Crippen molar-refractivity contribution in [3.05, 3.63) is 58.4 Å². The van der Waals surface area contributed by atoms with Crippen LogP contribution in [0.1, 0.15) is 71.4 Å². The molecule has 1 heterocycles. The predicted octanol–water partition coefficient (Wildman–Crippen LogP) is 5.36. The van der Waals surface area contributed by atoms with Crippen molar-refractivity contribution < 1.29 is 35.9 Å². The minimum atomic E-state index is -4.72. The van der Waals surface area contributed by atoms with Gasteiger partial charge in [0.05, 0.1) is 28.9 Å². The fourth-order valence-electron chi connectivity index (χ4n) is 5.16. The first-order valence-corrected chi connectivity index (χ1v) is 16.0. The molecule has 0 saturated heterocycles. The Kier molecular flexibility index (Phi) is 10.7. The number of pyridine rings is 1. The zero-order valence-corrected chi connectivity index (χ0v) is 25.7. The Labute approximate surface area is 249 Å². The van der Waals surface area contributed by atoms with Gasteiger partial charge in [0.25, 0.3) is 5.91 Å². The molecular weight excluding hydrogens is 591 g/mol. The third-order valence-electron chi connectivity index (χ3n) is 7.52. The van der Waals surface area contributed by atoms with E-state index in [-0.39, 0.29) is 34.7 Å². The number of sulfone groups is 1. The number of aromatic nitrogens is 1. The lowest BCUT2D eigenvalue weighted by atomic mass is 9.65. The fourth-order valence-corrected chi connectivity index (χ4v) is 6.34. The van der Waals surface area contributed by atoms with Gasteiger partial charge in [0.15, 0.2) is 0 Å². The lowest BCUT2D eigenvalue weighted by molar-refractivity contribution is -0.142. The van der Waals surface area contributed by atoms with Gasteiger partial charge in [0.2, 0.25) is 0 Å². The third kappa shape index (κ3) is 8.73. The number of unbranched alkanes of at least 4 members (excludes halogenated alkanes) is 1. The topological polar surface area (TPSA) is 114 Å². The summed E-state index contributed by atoms with van der Waals surface area (Å²) in [7, 11) is -1.76. The molecule has 0 aliphatic heterocycles. The lowest BCUT2D eigenvalue weighted by Crippen LogP contribution is -2.51. The highest BCUT2D eigenvalue weighted by molar-refractivity contribution is 7.90. The van der Waals surface area contributed by atoms with Crippen molar-refractivity contribution in [2.24, 2.45) is 5.41 Å². The maximum atomic E-state index is 13.6. The number of hydrogen-bond acceptors (Lipinski definition) is 7. The first-order chi connectivity index (χ1) is 19.5. The number of rotatable bonds is 12. The summed E-state index contributed by atoms with van der Waals surface area (Å²) in [6.45, 7) is 2.79. The largest absolute Gasteiger partial charge is 0.467 e. The quantitative estimate of drug-likeness (QED) is 0.184. The van der Waals surface area contributed by atoms with Crippen LogP contribution in [0.25, 0.3) is 0 Å². The Morgan fingerprint density at radius 1 is 1.14 bits per heavy atom. The first kappa shape index (κ1) is 33.4. The second-order valence-corrected chi connectivity index (χ2v) is 13.6. The van der Waals surface area contributed by atoms with E-state index in [1.807, 2.05) is 0 Å². The minimum absolute atomic E-state index is 0.0287. The zero-order valence-electron chi connectivity index (χ0n) is 24.1. The highest BCUT2D eigenvalue weighted by Crippen LogP contribution is 2.46. The van der Waals surface area contributed by atoms with Crippen LogP contribution in [0, 0.1) is 19.3 Å². The number of anilines is 1. The minimum Gasteiger partial charge on any atom is -0.467 e. The molecule has 1 atom stereocenters. The molecule has 230 valence electrons. The van der Waals surface area contributed by atoms with Crippen LogP contribution in [0.2, 0.25) is 0 Å². The average Bonchev–Trinajstić information content (AvgIpc) is 2.86. The smallest absolute Gasteiger partial charge is 0.417 e. The van der Waals surface area contributed by atoms with Gasteiger partial charge in [-0.05, 0) is 63.3 Å². The van der Waals surface area contributed by atoms with E-state index in [2.05, 4.69) is 15.6 Å². The number of methoxy groups -OCH3 is 1. The summed E-state index contributed by atoms with van der Waals surface area (Å²) in [6.07, 6.45) is 1.38. The molecule has 1 fully saturated rings. The number of carbonyl (C=O) groups is 2. The van der Waals surface area contributed by atoms with Crippen LogP contribution in [-0.2, 0) is 32.0 Å². The molecule has 0 radical (unpaired) electrons. The Balaban J connectivity index is 1.68. The van der Waals surface area contributed by atoms with Crippen LogP contribution in [0.5, 0.6) is 0 Å². The Morgan fingerprint density at radius 3 is 2.31 bits per heavy atom. The monoisotopic (exact) mass is 627 g/mol. The second kappa shape index (κ2) is 13.5. The van der Waals surface area contributed by atoms with Crippen LogP contribution < -0.4 is 10.6 Å².